The van der Waals surface area contributed by atoms with Crippen LogP contribution in [0.2, 0.25) is 0 Å². The van der Waals surface area contributed by atoms with Gasteiger partial charge in [-0.2, -0.15) is 0 Å². The van der Waals surface area contributed by atoms with E-state index in [9.17, 15) is 9.59 Å². The average molecular weight is 285 g/mol. The quantitative estimate of drug-likeness (QED) is 0.857. The van der Waals surface area contributed by atoms with Gasteiger partial charge < -0.3 is 14.8 Å². The lowest BCUT2D eigenvalue weighted by Gasteiger charge is -2.07. The molecule has 2 aromatic rings. The van der Waals surface area contributed by atoms with Crippen molar-refractivity contribution in [1.82, 2.24) is 5.32 Å². The van der Waals surface area contributed by atoms with Crippen LogP contribution in [0.5, 0.6) is 11.5 Å². The van der Waals surface area contributed by atoms with Crippen LogP contribution in [0.25, 0.3) is 0 Å². The minimum absolute atomic E-state index is 0.294. The van der Waals surface area contributed by atoms with E-state index >= 15 is 0 Å². The summed E-state index contributed by atoms with van der Waals surface area (Å²) in [4.78, 5) is 22.7. The first-order valence-electron chi connectivity index (χ1n) is 6.39. The molecule has 0 aliphatic carbocycles. The number of likely N-dealkylation sites (N-methyl/N-ethyl adjacent to an activating group) is 1. The second kappa shape index (κ2) is 7.09. The SMILES string of the molecule is CNC(=O)COC(=O)c1ccc(Oc2ccccc2)cc1. The van der Waals surface area contributed by atoms with Gasteiger partial charge in [0, 0.05) is 7.05 Å². The third kappa shape index (κ3) is 4.35. The van der Waals surface area contributed by atoms with Crippen molar-refractivity contribution in [2.75, 3.05) is 13.7 Å². The molecule has 0 unspecified atom stereocenters. The van der Waals surface area contributed by atoms with E-state index in [-0.39, 0.29) is 12.5 Å². The zero-order valence-electron chi connectivity index (χ0n) is 11.5. The molecule has 21 heavy (non-hydrogen) atoms. The summed E-state index contributed by atoms with van der Waals surface area (Å²) >= 11 is 0. The summed E-state index contributed by atoms with van der Waals surface area (Å²) in [5, 5.41) is 2.37. The van der Waals surface area contributed by atoms with Crippen molar-refractivity contribution < 1.29 is 19.1 Å². The number of para-hydroxylation sites is 1. The van der Waals surface area contributed by atoms with E-state index < -0.39 is 5.97 Å². The van der Waals surface area contributed by atoms with E-state index in [1.807, 2.05) is 30.3 Å². The lowest BCUT2D eigenvalue weighted by Crippen LogP contribution is -2.25. The molecule has 2 aromatic carbocycles. The Balaban J connectivity index is 1.95. The molecule has 1 N–H and O–H groups in total. The molecule has 5 heteroatoms. The van der Waals surface area contributed by atoms with Crippen molar-refractivity contribution in [2.24, 2.45) is 0 Å². The van der Waals surface area contributed by atoms with Gasteiger partial charge in [0.1, 0.15) is 11.5 Å². The zero-order chi connectivity index (χ0) is 15.1. The molecular formula is C16H15NO4. The van der Waals surface area contributed by atoms with Crippen LogP contribution in [0.1, 0.15) is 10.4 Å². The first kappa shape index (κ1) is 14.6. The van der Waals surface area contributed by atoms with E-state index in [0.29, 0.717) is 17.1 Å². The molecule has 1 amide bonds. The number of benzene rings is 2. The Labute approximate surface area is 122 Å². The highest BCUT2D eigenvalue weighted by molar-refractivity contribution is 5.91. The highest BCUT2D eigenvalue weighted by Crippen LogP contribution is 2.21. The maximum absolute atomic E-state index is 11.7. The van der Waals surface area contributed by atoms with Gasteiger partial charge in [-0.25, -0.2) is 4.79 Å². The minimum Gasteiger partial charge on any atom is -0.457 e. The number of amides is 1. The molecule has 0 saturated heterocycles. The number of hydrogen-bond donors (Lipinski definition) is 1. The molecule has 0 aliphatic heterocycles. The second-order valence-corrected chi connectivity index (χ2v) is 4.19. The number of esters is 1. The monoisotopic (exact) mass is 285 g/mol. The van der Waals surface area contributed by atoms with Crippen LogP contribution < -0.4 is 10.1 Å². The Morgan fingerprint density at radius 1 is 0.952 bits per heavy atom. The number of carbonyl (C=O) groups is 2. The summed E-state index contributed by atoms with van der Waals surface area (Å²) in [5.74, 6) is 0.425. The van der Waals surface area contributed by atoms with Crippen molar-refractivity contribution in [1.29, 1.82) is 0 Å². The van der Waals surface area contributed by atoms with Gasteiger partial charge in [-0.3, -0.25) is 4.79 Å². The molecular weight excluding hydrogens is 270 g/mol. The third-order valence-electron chi connectivity index (χ3n) is 2.68. The van der Waals surface area contributed by atoms with E-state index in [1.54, 1.807) is 24.3 Å². The fraction of sp³-hybridized carbons (Fsp3) is 0.125. The van der Waals surface area contributed by atoms with Gasteiger partial charge in [-0.05, 0) is 36.4 Å². The smallest absolute Gasteiger partial charge is 0.338 e. The van der Waals surface area contributed by atoms with Crippen molar-refractivity contribution in [3.8, 4) is 11.5 Å². The Morgan fingerprint density at radius 2 is 1.57 bits per heavy atom. The largest absolute Gasteiger partial charge is 0.457 e. The van der Waals surface area contributed by atoms with Crippen molar-refractivity contribution in [3.63, 3.8) is 0 Å². The van der Waals surface area contributed by atoms with E-state index in [2.05, 4.69) is 5.32 Å². The Hall–Kier alpha value is -2.82. The van der Waals surface area contributed by atoms with Crippen LogP contribution >= 0.6 is 0 Å². The van der Waals surface area contributed by atoms with Gasteiger partial charge in [0.15, 0.2) is 6.61 Å². The molecule has 2 rings (SSSR count). The maximum Gasteiger partial charge on any atom is 0.338 e. The van der Waals surface area contributed by atoms with Crippen molar-refractivity contribution >= 4 is 11.9 Å². The fourth-order valence-corrected chi connectivity index (χ4v) is 1.57. The molecule has 0 atom stereocenters. The summed E-state index contributed by atoms with van der Waals surface area (Å²) in [6.45, 7) is -0.294. The molecule has 108 valence electrons. The summed E-state index contributed by atoms with van der Waals surface area (Å²) in [6, 6.07) is 15.8. The number of carbonyl (C=O) groups excluding carboxylic acids is 2. The number of ether oxygens (including phenoxy) is 2. The van der Waals surface area contributed by atoms with Gasteiger partial charge >= 0.3 is 5.97 Å². The van der Waals surface area contributed by atoms with Crippen LogP contribution in [0.3, 0.4) is 0 Å². The van der Waals surface area contributed by atoms with E-state index in [1.165, 1.54) is 7.05 Å². The van der Waals surface area contributed by atoms with Gasteiger partial charge in [0.25, 0.3) is 5.91 Å². The first-order chi connectivity index (χ1) is 10.2. The summed E-state index contributed by atoms with van der Waals surface area (Å²) < 4.78 is 10.5. The normalized spacial score (nSPS) is 9.76. The van der Waals surface area contributed by atoms with Gasteiger partial charge in [0.2, 0.25) is 0 Å². The van der Waals surface area contributed by atoms with E-state index in [4.69, 9.17) is 9.47 Å². The molecule has 0 saturated carbocycles. The minimum atomic E-state index is -0.551. The number of hydrogen-bond acceptors (Lipinski definition) is 4. The standard InChI is InChI=1S/C16H15NO4/c1-17-15(18)11-20-16(19)12-7-9-14(10-8-12)21-13-5-3-2-4-6-13/h2-10H,11H2,1H3,(H,17,18). The van der Waals surface area contributed by atoms with Gasteiger partial charge in [-0.1, -0.05) is 18.2 Å². The molecule has 0 spiro atoms. The predicted octanol–water partition coefficient (Wildman–Crippen LogP) is 2.38. The van der Waals surface area contributed by atoms with Crippen LogP contribution in [-0.2, 0) is 9.53 Å². The molecule has 0 heterocycles. The van der Waals surface area contributed by atoms with Gasteiger partial charge in [-0.15, -0.1) is 0 Å². The molecule has 0 aromatic heterocycles. The number of rotatable bonds is 5. The fourth-order valence-electron chi connectivity index (χ4n) is 1.57. The topological polar surface area (TPSA) is 64.6 Å². The van der Waals surface area contributed by atoms with Crippen LogP contribution in [0, 0.1) is 0 Å². The van der Waals surface area contributed by atoms with Crippen LogP contribution in [0.4, 0.5) is 0 Å². The highest BCUT2D eigenvalue weighted by atomic mass is 16.5. The second-order valence-electron chi connectivity index (χ2n) is 4.19. The Bertz CT molecular complexity index is 608. The summed E-state index contributed by atoms with van der Waals surface area (Å²) in [6.07, 6.45) is 0. The molecule has 0 aliphatic rings. The van der Waals surface area contributed by atoms with Crippen molar-refractivity contribution in [3.05, 3.63) is 60.2 Å². The molecule has 0 radical (unpaired) electrons. The number of nitrogens with one attached hydrogen (secondary N) is 1. The van der Waals surface area contributed by atoms with Crippen molar-refractivity contribution in [2.45, 2.75) is 0 Å². The summed E-state index contributed by atoms with van der Waals surface area (Å²) in [5.41, 5.74) is 0.360. The lowest BCUT2D eigenvalue weighted by atomic mass is 10.2. The first-order valence-corrected chi connectivity index (χ1v) is 6.39. The predicted molar refractivity (Wildman–Crippen MR) is 77.3 cm³/mol. The summed E-state index contributed by atoms with van der Waals surface area (Å²) in [7, 11) is 1.48. The highest BCUT2D eigenvalue weighted by Gasteiger charge is 2.09. The van der Waals surface area contributed by atoms with Crippen LogP contribution in [-0.4, -0.2) is 25.5 Å². The molecule has 5 nitrogen and oxygen atoms in total. The zero-order valence-corrected chi connectivity index (χ0v) is 11.5. The average Bonchev–Trinajstić information content (AvgIpc) is 2.54. The van der Waals surface area contributed by atoms with Gasteiger partial charge in [0.05, 0.1) is 5.56 Å². The molecule has 0 fully saturated rings. The third-order valence-corrected chi connectivity index (χ3v) is 2.68. The van der Waals surface area contributed by atoms with Crippen LogP contribution in [0.15, 0.2) is 54.6 Å². The molecule has 0 bridgehead atoms. The Morgan fingerprint density at radius 3 is 2.19 bits per heavy atom. The van der Waals surface area contributed by atoms with E-state index in [0.717, 1.165) is 0 Å². The maximum atomic E-state index is 11.7. The Kier molecular flexibility index (Phi) is 4.93. The lowest BCUT2D eigenvalue weighted by molar-refractivity contribution is -0.123.